The molecule has 0 aromatic rings. The summed E-state index contributed by atoms with van der Waals surface area (Å²) < 4.78 is 0. The van der Waals surface area contributed by atoms with Crippen molar-refractivity contribution in [1.82, 2.24) is 0 Å². The van der Waals surface area contributed by atoms with Gasteiger partial charge in [0.25, 0.3) is 0 Å². The van der Waals surface area contributed by atoms with Gasteiger partial charge in [0, 0.05) is 0 Å². The van der Waals surface area contributed by atoms with Crippen LogP contribution in [-0.2, 0) is 25.3 Å². The molecule has 0 heterocycles. The fraction of sp³-hybridized carbons (Fsp3) is 0.952. The first-order chi connectivity index (χ1) is 21.7. The van der Waals surface area contributed by atoms with Crippen LogP contribution in [0.25, 0.3) is 0 Å². The second-order valence-electron chi connectivity index (χ2n) is 13.0. The Morgan fingerprint density at radius 1 is 0.267 bits per heavy atom. The molecule has 0 spiro atoms. The van der Waals surface area contributed by atoms with E-state index >= 15 is 0 Å². The molecule has 0 N–H and O–H groups in total. The summed E-state index contributed by atoms with van der Waals surface area (Å²) in [6.07, 6.45) is 47.5. The first kappa shape index (κ1) is 55.9. The molecule has 4 radical (unpaired) electrons. The van der Waals surface area contributed by atoms with E-state index in [1.165, 1.54) is 205 Å². The Hall–Kier alpha value is 1.50. The van der Waals surface area contributed by atoms with Gasteiger partial charge in [-0.25, -0.2) is 0 Å². The fourth-order valence-corrected chi connectivity index (χ4v) is 5.36. The predicted molar refractivity (Wildman–Crippen MR) is 221 cm³/mol. The van der Waals surface area contributed by atoms with Crippen LogP contribution in [0.15, 0.2) is 0 Å². The van der Waals surface area contributed by atoms with Crippen LogP contribution in [0.4, 0.5) is 0 Å². The van der Waals surface area contributed by atoms with Gasteiger partial charge in [0.15, 0.2) is 0 Å². The molecule has 45 heavy (non-hydrogen) atoms. The topological polar surface area (TPSA) is 0 Å². The molecule has 0 aliphatic rings. The van der Waals surface area contributed by atoms with Gasteiger partial charge in [-0.15, -0.1) is 0 Å². The van der Waals surface area contributed by atoms with Gasteiger partial charge in [0.1, 0.15) is 0 Å². The van der Waals surface area contributed by atoms with Gasteiger partial charge in [-0.2, -0.15) is 11.5 Å². The van der Waals surface area contributed by atoms with Crippen LogP contribution in [0.3, 0.4) is 0 Å². The molecule has 0 unspecified atom stereocenters. The molecule has 0 atom stereocenters. The second kappa shape index (κ2) is 64.1. The summed E-state index contributed by atoms with van der Waals surface area (Å²) in [5.74, 6) is 1.91. The molecular weight excluding hydrogens is 687 g/mol. The number of hydrogen-bond donors (Lipinski definition) is 0. The molecule has 0 aliphatic heterocycles. The molecular formula is C42H88S2Sn. The quantitative estimate of drug-likeness (QED) is 0.0379. The summed E-state index contributed by atoms with van der Waals surface area (Å²) in [6.45, 7) is 16.0. The molecule has 0 aromatic heterocycles. The monoisotopic (exact) mass is 777 g/mol. The smallest absolute Gasteiger partial charge is 0.793 e. The summed E-state index contributed by atoms with van der Waals surface area (Å²) >= 11 is 9.89. The van der Waals surface area contributed by atoms with Gasteiger partial charge >= 0.3 is 23.9 Å². The van der Waals surface area contributed by atoms with E-state index in [0.717, 1.165) is 24.3 Å². The maximum Gasteiger partial charge on any atom is 2.00 e. The van der Waals surface area contributed by atoms with Crippen molar-refractivity contribution in [2.45, 2.75) is 246 Å². The SMILES string of the molecule is CCCCCCCCCCCCCCCCC[S-].CCCCCCCCCCCCCCCCC[S-].[CH2]CCC.[CH2]CCC.[Sn+2]. The van der Waals surface area contributed by atoms with Gasteiger partial charge in [0.2, 0.25) is 0 Å². The Morgan fingerprint density at radius 3 is 0.511 bits per heavy atom. The van der Waals surface area contributed by atoms with Crippen molar-refractivity contribution in [2.24, 2.45) is 0 Å². The minimum Gasteiger partial charge on any atom is -0.793 e. The molecule has 0 saturated heterocycles. The Bertz CT molecular complexity index is 319. The van der Waals surface area contributed by atoms with Crippen molar-refractivity contribution in [3.63, 3.8) is 0 Å². The number of unbranched alkanes of at least 4 members (excludes halogenated alkanes) is 30. The number of rotatable bonds is 32. The van der Waals surface area contributed by atoms with Gasteiger partial charge < -0.3 is 25.3 Å². The molecule has 0 aromatic carbocycles. The maximum atomic E-state index is 4.95. The van der Waals surface area contributed by atoms with E-state index in [2.05, 4.69) is 41.5 Å². The summed E-state index contributed by atoms with van der Waals surface area (Å²) in [4.78, 5) is 0. The molecule has 272 valence electrons. The van der Waals surface area contributed by atoms with Gasteiger partial charge in [-0.1, -0.05) is 260 Å². The van der Waals surface area contributed by atoms with E-state index < -0.39 is 0 Å². The molecule has 0 fully saturated rings. The Labute approximate surface area is 318 Å². The van der Waals surface area contributed by atoms with E-state index in [-0.39, 0.29) is 23.9 Å². The minimum absolute atomic E-state index is 0. The van der Waals surface area contributed by atoms with Crippen molar-refractivity contribution >= 4 is 49.2 Å². The third-order valence-electron chi connectivity index (χ3n) is 8.20. The van der Waals surface area contributed by atoms with Gasteiger partial charge in [0.05, 0.1) is 0 Å². The Balaban J connectivity index is -0.000000187. The summed E-state index contributed by atoms with van der Waals surface area (Å²) in [6, 6.07) is 0. The summed E-state index contributed by atoms with van der Waals surface area (Å²) in [5.41, 5.74) is 0. The fourth-order valence-electron chi connectivity index (χ4n) is 4.95. The Kier molecular flexibility index (Phi) is 79.6. The van der Waals surface area contributed by atoms with Crippen LogP contribution >= 0.6 is 0 Å². The average Bonchev–Trinajstić information content (AvgIpc) is 3.05. The molecule has 0 bridgehead atoms. The summed E-state index contributed by atoms with van der Waals surface area (Å²) in [5, 5.41) is 0. The normalized spacial score (nSPS) is 10.1. The van der Waals surface area contributed by atoms with Crippen molar-refractivity contribution in [1.29, 1.82) is 0 Å². The van der Waals surface area contributed by atoms with Crippen LogP contribution in [0, 0.1) is 13.8 Å². The third kappa shape index (κ3) is 76.7. The molecule has 3 heteroatoms. The van der Waals surface area contributed by atoms with Crippen molar-refractivity contribution in [3.05, 3.63) is 13.8 Å². The van der Waals surface area contributed by atoms with Crippen LogP contribution < -0.4 is 0 Å². The van der Waals surface area contributed by atoms with E-state index in [0.29, 0.717) is 0 Å². The molecule has 0 amide bonds. The Morgan fingerprint density at radius 2 is 0.400 bits per heavy atom. The minimum atomic E-state index is 0. The van der Waals surface area contributed by atoms with Crippen molar-refractivity contribution in [2.75, 3.05) is 11.5 Å². The molecule has 0 rings (SSSR count). The first-order valence-corrected chi connectivity index (χ1v) is 21.6. The van der Waals surface area contributed by atoms with Crippen LogP contribution in [0.5, 0.6) is 0 Å². The van der Waals surface area contributed by atoms with Crippen LogP contribution in [0.2, 0.25) is 0 Å². The van der Waals surface area contributed by atoms with Crippen molar-refractivity contribution < 1.29 is 0 Å². The molecule has 0 aliphatic carbocycles. The average molecular weight is 776 g/mol. The zero-order valence-electron chi connectivity index (χ0n) is 32.2. The molecule has 0 saturated carbocycles. The first-order valence-electron chi connectivity index (χ1n) is 20.4. The summed E-state index contributed by atoms with van der Waals surface area (Å²) in [7, 11) is 0. The number of hydrogen-bond acceptors (Lipinski definition) is 2. The van der Waals surface area contributed by atoms with E-state index in [9.17, 15) is 0 Å². The van der Waals surface area contributed by atoms with E-state index in [4.69, 9.17) is 25.3 Å². The van der Waals surface area contributed by atoms with Crippen LogP contribution in [-0.4, -0.2) is 35.4 Å². The maximum absolute atomic E-state index is 4.95. The largest absolute Gasteiger partial charge is 2.00 e. The van der Waals surface area contributed by atoms with E-state index in [1.54, 1.807) is 0 Å². The van der Waals surface area contributed by atoms with Crippen LogP contribution in [0.1, 0.15) is 246 Å². The van der Waals surface area contributed by atoms with Gasteiger partial charge in [-0.3, -0.25) is 0 Å². The molecule has 0 nitrogen and oxygen atoms in total. The van der Waals surface area contributed by atoms with Crippen molar-refractivity contribution in [3.8, 4) is 0 Å². The third-order valence-corrected chi connectivity index (χ3v) is 8.78. The standard InChI is InChI=1S/2C17H36S.2C4H9.Sn/c2*1-2-3-4-5-6-7-8-9-10-11-12-13-14-15-16-17-18;2*1-3-4-2;/h2*18H,2-17H2,1H3;2*1,3-4H2,2H3;/q;;;;+2/p-2. The van der Waals surface area contributed by atoms with E-state index in [1.807, 2.05) is 0 Å². The van der Waals surface area contributed by atoms with Gasteiger partial charge in [-0.05, 0) is 0 Å². The predicted octanol–water partition coefficient (Wildman–Crippen LogP) is 15.7. The zero-order chi connectivity index (χ0) is 33.5. The zero-order valence-corrected chi connectivity index (χ0v) is 36.7. The second-order valence-corrected chi connectivity index (χ2v) is 13.8.